The topological polar surface area (TPSA) is 81.7 Å². The Balaban J connectivity index is 3.78. The highest BCUT2D eigenvalue weighted by molar-refractivity contribution is 5.95. The normalized spacial score (nSPS) is 10.5. The summed E-state index contributed by atoms with van der Waals surface area (Å²) < 4.78 is 0. The Morgan fingerprint density at radius 3 is 2.47 bits per heavy atom. The van der Waals surface area contributed by atoms with Gasteiger partial charge in [0.05, 0.1) is 13.2 Å². The molecular formula is C9H19N3O3. The molecule has 3 amide bonds. The van der Waals surface area contributed by atoms with Crippen molar-refractivity contribution < 1.29 is 14.7 Å². The van der Waals surface area contributed by atoms with Gasteiger partial charge in [0, 0.05) is 12.6 Å². The van der Waals surface area contributed by atoms with Gasteiger partial charge in [-0.1, -0.05) is 0 Å². The second-order valence-corrected chi connectivity index (χ2v) is 3.64. The molecule has 0 aliphatic rings. The van der Waals surface area contributed by atoms with E-state index in [1.807, 2.05) is 13.8 Å². The Morgan fingerprint density at radius 1 is 1.40 bits per heavy atom. The standard InChI is InChI=1S/C9H19N3O3/c1-7(2)10-9(15)11-8(14)6-12(3)4-5-13/h7,13H,4-6H2,1-3H3,(H2,10,11,14,15). The van der Waals surface area contributed by atoms with E-state index in [-0.39, 0.29) is 25.1 Å². The third-order valence-electron chi connectivity index (χ3n) is 1.57. The lowest BCUT2D eigenvalue weighted by Crippen LogP contribution is -2.46. The number of hydrogen-bond acceptors (Lipinski definition) is 4. The first-order valence-corrected chi connectivity index (χ1v) is 4.85. The van der Waals surface area contributed by atoms with Crippen molar-refractivity contribution in [3.63, 3.8) is 0 Å². The minimum Gasteiger partial charge on any atom is -0.395 e. The van der Waals surface area contributed by atoms with Gasteiger partial charge in [0.25, 0.3) is 0 Å². The number of hydrogen-bond donors (Lipinski definition) is 3. The number of nitrogens with zero attached hydrogens (tertiary/aromatic N) is 1. The Morgan fingerprint density at radius 2 is 2.00 bits per heavy atom. The zero-order chi connectivity index (χ0) is 11.8. The van der Waals surface area contributed by atoms with E-state index in [0.29, 0.717) is 6.54 Å². The number of imide groups is 1. The SMILES string of the molecule is CC(C)NC(=O)NC(=O)CN(C)CCO. The van der Waals surface area contributed by atoms with Crippen molar-refractivity contribution in [1.29, 1.82) is 0 Å². The van der Waals surface area contributed by atoms with E-state index < -0.39 is 6.03 Å². The molecular weight excluding hydrogens is 198 g/mol. The first kappa shape index (κ1) is 13.9. The summed E-state index contributed by atoms with van der Waals surface area (Å²) >= 11 is 0. The number of nitrogens with one attached hydrogen (secondary N) is 2. The summed E-state index contributed by atoms with van der Waals surface area (Å²) in [6.45, 7) is 4.09. The lowest BCUT2D eigenvalue weighted by Gasteiger charge is -2.14. The molecule has 0 aliphatic heterocycles. The number of amides is 3. The third-order valence-corrected chi connectivity index (χ3v) is 1.57. The Hall–Kier alpha value is -1.14. The van der Waals surface area contributed by atoms with Crippen molar-refractivity contribution in [3.8, 4) is 0 Å². The van der Waals surface area contributed by atoms with E-state index in [9.17, 15) is 9.59 Å². The van der Waals surface area contributed by atoms with Crippen molar-refractivity contribution >= 4 is 11.9 Å². The summed E-state index contributed by atoms with van der Waals surface area (Å²) in [6, 6.07) is -0.500. The van der Waals surface area contributed by atoms with Crippen molar-refractivity contribution in [2.75, 3.05) is 26.7 Å². The molecule has 0 rings (SSSR count). The largest absolute Gasteiger partial charge is 0.395 e. The number of aliphatic hydroxyl groups is 1. The zero-order valence-electron chi connectivity index (χ0n) is 9.41. The molecule has 0 saturated carbocycles. The van der Waals surface area contributed by atoms with Crippen LogP contribution in [0.15, 0.2) is 0 Å². The molecule has 0 bridgehead atoms. The maximum absolute atomic E-state index is 11.2. The minimum atomic E-state index is -0.493. The maximum Gasteiger partial charge on any atom is 0.321 e. The number of carbonyl (C=O) groups is 2. The molecule has 3 N–H and O–H groups in total. The van der Waals surface area contributed by atoms with Gasteiger partial charge in [0.1, 0.15) is 0 Å². The summed E-state index contributed by atoms with van der Waals surface area (Å²) in [7, 11) is 1.69. The van der Waals surface area contributed by atoms with Crippen LogP contribution in [0.4, 0.5) is 4.79 Å². The van der Waals surface area contributed by atoms with Crippen molar-refractivity contribution in [2.45, 2.75) is 19.9 Å². The highest BCUT2D eigenvalue weighted by Gasteiger charge is 2.10. The van der Waals surface area contributed by atoms with Crippen LogP contribution in [-0.4, -0.2) is 54.7 Å². The molecule has 0 fully saturated rings. The van der Waals surface area contributed by atoms with Crippen LogP contribution < -0.4 is 10.6 Å². The van der Waals surface area contributed by atoms with Gasteiger partial charge in [0.2, 0.25) is 5.91 Å². The highest BCUT2D eigenvalue weighted by Crippen LogP contribution is 1.82. The second-order valence-electron chi connectivity index (χ2n) is 3.64. The molecule has 0 aromatic carbocycles. The Labute approximate surface area is 89.6 Å². The van der Waals surface area contributed by atoms with Gasteiger partial charge in [-0.05, 0) is 20.9 Å². The van der Waals surface area contributed by atoms with Crippen molar-refractivity contribution in [2.24, 2.45) is 0 Å². The van der Waals surface area contributed by atoms with Crippen LogP contribution in [0.2, 0.25) is 0 Å². The van der Waals surface area contributed by atoms with Gasteiger partial charge in [-0.25, -0.2) is 4.79 Å². The monoisotopic (exact) mass is 217 g/mol. The maximum atomic E-state index is 11.2. The van der Waals surface area contributed by atoms with Gasteiger partial charge in [-0.15, -0.1) is 0 Å². The lowest BCUT2D eigenvalue weighted by molar-refractivity contribution is -0.120. The molecule has 0 spiro atoms. The minimum absolute atomic E-state index is 0.00651. The average Bonchev–Trinajstić information content (AvgIpc) is 2.00. The summed E-state index contributed by atoms with van der Waals surface area (Å²) in [4.78, 5) is 23.9. The Bertz CT molecular complexity index is 219. The fourth-order valence-corrected chi connectivity index (χ4v) is 0.959. The molecule has 0 atom stereocenters. The van der Waals surface area contributed by atoms with Gasteiger partial charge in [-0.3, -0.25) is 15.0 Å². The summed E-state index contributed by atoms with van der Waals surface area (Å²) in [5, 5.41) is 13.3. The molecule has 0 radical (unpaired) electrons. The van der Waals surface area contributed by atoms with Gasteiger partial charge < -0.3 is 10.4 Å². The average molecular weight is 217 g/mol. The van der Waals surface area contributed by atoms with E-state index in [4.69, 9.17) is 5.11 Å². The third kappa shape index (κ3) is 7.90. The predicted molar refractivity (Wildman–Crippen MR) is 56.4 cm³/mol. The summed E-state index contributed by atoms with van der Waals surface area (Å²) in [6.07, 6.45) is 0. The quantitative estimate of drug-likeness (QED) is 0.560. The molecule has 0 aromatic heterocycles. The van der Waals surface area contributed by atoms with Crippen molar-refractivity contribution in [1.82, 2.24) is 15.5 Å². The van der Waals surface area contributed by atoms with Crippen LogP contribution in [-0.2, 0) is 4.79 Å². The Kier molecular flexibility index (Phi) is 6.64. The van der Waals surface area contributed by atoms with Gasteiger partial charge in [0.15, 0.2) is 0 Å². The summed E-state index contributed by atoms with van der Waals surface area (Å²) in [5.41, 5.74) is 0. The number of aliphatic hydroxyl groups excluding tert-OH is 1. The van der Waals surface area contributed by atoms with Gasteiger partial charge >= 0.3 is 6.03 Å². The molecule has 0 saturated heterocycles. The molecule has 6 heteroatoms. The van der Waals surface area contributed by atoms with E-state index in [1.54, 1.807) is 11.9 Å². The van der Waals surface area contributed by atoms with Crippen LogP contribution in [0, 0.1) is 0 Å². The molecule has 0 unspecified atom stereocenters. The first-order chi connectivity index (χ1) is 6.95. The molecule has 88 valence electrons. The highest BCUT2D eigenvalue weighted by atomic mass is 16.3. The molecule has 15 heavy (non-hydrogen) atoms. The lowest BCUT2D eigenvalue weighted by atomic mass is 10.4. The number of carbonyl (C=O) groups excluding carboxylic acids is 2. The molecule has 6 nitrogen and oxygen atoms in total. The molecule has 0 aliphatic carbocycles. The van der Waals surface area contributed by atoms with Crippen LogP contribution in [0.25, 0.3) is 0 Å². The van der Waals surface area contributed by atoms with Crippen molar-refractivity contribution in [3.05, 3.63) is 0 Å². The van der Waals surface area contributed by atoms with Crippen LogP contribution in [0.1, 0.15) is 13.8 Å². The number of rotatable bonds is 5. The zero-order valence-corrected chi connectivity index (χ0v) is 9.41. The smallest absolute Gasteiger partial charge is 0.321 e. The van der Waals surface area contributed by atoms with E-state index in [2.05, 4.69) is 10.6 Å². The molecule has 0 aromatic rings. The summed E-state index contributed by atoms with van der Waals surface area (Å²) in [5.74, 6) is -0.385. The molecule has 0 heterocycles. The van der Waals surface area contributed by atoms with Crippen LogP contribution in [0.3, 0.4) is 0 Å². The predicted octanol–water partition coefficient (Wildman–Crippen LogP) is -0.855. The number of urea groups is 1. The van der Waals surface area contributed by atoms with Gasteiger partial charge in [-0.2, -0.15) is 0 Å². The fraction of sp³-hybridized carbons (Fsp3) is 0.778. The second kappa shape index (κ2) is 7.19. The first-order valence-electron chi connectivity index (χ1n) is 4.85. The van der Waals surface area contributed by atoms with Crippen LogP contribution >= 0.6 is 0 Å². The number of likely N-dealkylation sites (N-methyl/N-ethyl adjacent to an activating group) is 1. The van der Waals surface area contributed by atoms with Crippen LogP contribution in [0.5, 0.6) is 0 Å². The van der Waals surface area contributed by atoms with E-state index >= 15 is 0 Å². The van der Waals surface area contributed by atoms with E-state index in [0.717, 1.165) is 0 Å². The van der Waals surface area contributed by atoms with E-state index in [1.165, 1.54) is 0 Å². The fourth-order valence-electron chi connectivity index (χ4n) is 0.959.